The summed E-state index contributed by atoms with van der Waals surface area (Å²) in [5.74, 6) is 0.929. The average molecular weight is 198 g/mol. The summed E-state index contributed by atoms with van der Waals surface area (Å²) in [7, 11) is 3.36. The molecule has 0 unspecified atom stereocenters. The van der Waals surface area contributed by atoms with Crippen molar-refractivity contribution in [3.05, 3.63) is 23.3 Å². The fraction of sp³-hybridized carbons (Fsp3) is 0.400. The molecule has 13 heavy (non-hydrogen) atoms. The van der Waals surface area contributed by atoms with Crippen LogP contribution in [0, 0.1) is 13.8 Å². The predicted octanol–water partition coefficient (Wildman–Crippen LogP) is 2.97. The molecule has 1 aromatic rings. The number of benzene rings is 1. The SMILES string of the molecule is COSc1cc(C)c(OC)cc1C. The van der Waals surface area contributed by atoms with Crippen LogP contribution in [0.25, 0.3) is 0 Å². The van der Waals surface area contributed by atoms with Gasteiger partial charge in [0.05, 0.1) is 14.2 Å². The summed E-state index contributed by atoms with van der Waals surface area (Å²) < 4.78 is 10.2. The third kappa shape index (κ3) is 2.39. The van der Waals surface area contributed by atoms with E-state index < -0.39 is 0 Å². The molecule has 3 heteroatoms. The van der Waals surface area contributed by atoms with Crippen LogP contribution in [0.3, 0.4) is 0 Å². The first-order valence-electron chi connectivity index (χ1n) is 4.05. The third-order valence-electron chi connectivity index (χ3n) is 1.87. The molecule has 1 rings (SSSR count). The van der Waals surface area contributed by atoms with Crippen molar-refractivity contribution >= 4 is 12.0 Å². The maximum absolute atomic E-state index is 5.21. The molecule has 0 spiro atoms. The van der Waals surface area contributed by atoms with Gasteiger partial charge in [0.15, 0.2) is 0 Å². The van der Waals surface area contributed by atoms with Gasteiger partial charge in [0, 0.05) is 16.9 Å². The van der Waals surface area contributed by atoms with E-state index in [0.717, 1.165) is 16.2 Å². The zero-order valence-electron chi connectivity index (χ0n) is 8.38. The second-order valence-electron chi connectivity index (χ2n) is 2.84. The number of methoxy groups -OCH3 is 1. The summed E-state index contributed by atoms with van der Waals surface area (Å²) in [6, 6.07) is 4.10. The smallest absolute Gasteiger partial charge is 0.122 e. The molecule has 2 nitrogen and oxygen atoms in total. The maximum atomic E-state index is 5.21. The summed E-state index contributed by atoms with van der Waals surface area (Å²) in [5, 5.41) is 0. The van der Waals surface area contributed by atoms with E-state index in [4.69, 9.17) is 8.92 Å². The molecule has 0 aromatic heterocycles. The topological polar surface area (TPSA) is 18.5 Å². The second kappa shape index (κ2) is 4.53. The molecular formula is C10H14O2S. The molecule has 0 radical (unpaired) electrons. The molecule has 1 aromatic carbocycles. The second-order valence-corrected chi connectivity index (χ2v) is 3.78. The van der Waals surface area contributed by atoms with Crippen LogP contribution in [0.1, 0.15) is 11.1 Å². The van der Waals surface area contributed by atoms with E-state index in [1.54, 1.807) is 14.2 Å². The van der Waals surface area contributed by atoms with Gasteiger partial charge in [-0.3, -0.25) is 0 Å². The lowest BCUT2D eigenvalue weighted by molar-refractivity contribution is 0.411. The summed E-state index contributed by atoms with van der Waals surface area (Å²) in [6.07, 6.45) is 0. The van der Waals surface area contributed by atoms with Crippen LogP contribution < -0.4 is 4.74 Å². The van der Waals surface area contributed by atoms with E-state index in [1.807, 2.05) is 19.9 Å². The summed E-state index contributed by atoms with van der Waals surface area (Å²) in [6.45, 7) is 4.07. The average Bonchev–Trinajstić information content (AvgIpc) is 2.11. The van der Waals surface area contributed by atoms with Crippen molar-refractivity contribution in [3.8, 4) is 5.75 Å². The van der Waals surface area contributed by atoms with E-state index in [-0.39, 0.29) is 0 Å². The molecule has 0 saturated carbocycles. The van der Waals surface area contributed by atoms with Crippen molar-refractivity contribution in [1.29, 1.82) is 0 Å². The Kier molecular flexibility index (Phi) is 3.63. The zero-order valence-corrected chi connectivity index (χ0v) is 9.20. The number of aryl methyl sites for hydroxylation is 2. The molecule has 0 aliphatic heterocycles. The predicted molar refractivity (Wildman–Crippen MR) is 55.3 cm³/mol. The lowest BCUT2D eigenvalue weighted by atomic mass is 10.1. The van der Waals surface area contributed by atoms with Crippen LogP contribution in [-0.2, 0) is 4.18 Å². The number of ether oxygens (including phenoxy) is 1. The Labute approximate surface area is 83.5 Å². The first-order chi connectivity index (χ1) is 6.19. The van der Waals surface area contributed by atoms with E-state index in [0.29, 0.717) is 0 Å². The number of hydrogen-bond donors (Lipinski definition) is 0. The van der Waals surface area contributed by atoms with Gasteiger partial charge in [-0.15, -0.1) is 0 Å². The van der Waals surface area contributed by atoms with E-state index >= 15 is 0 Å². The van der Waals surface area contributed by atoms with Gasteiger partial charge < -0.3 is 8.92 Å². The minimum atomic E-state index is 0.929. The summed E-state index contributed by atoms with van der Waals surface area (Å²) in [5.41, 5.74) is 2.31. The van der Waals surface area contributed by atoms with Crippen LogP contribution in [0.2, 0.25) is 0 Å². The lowest BCUT2D eigenvalue weighted by Crippen LogP contribution is -1.90. The van der Waals surface area contributed by atoms with Crippen LogP contribution >= 0.6 is 12.0 Å². The Balaban J connectivity index is 3.05. The quantitative estimate of drug-likeness (QED) is 0.696. The molecule has 0 fully saturated rings. The largest absolute Gasteiger partial charge is 0.496 e. The van der Waals surface area contributed by atoms with Crippen LogP contribution in [0.4, 0.5) is 0 Å². The summed E-state index contributed by atoms with van der Waals surface area (Å²) >= 11 is 1.38. The number of hydrogen-bond acceptors (Lipinski definition) is 3. The molecule has 0 N–H and O–H groups in total. The Morgan fingerprint density at radius 2 is 1.77 bits per heavy atom. The van der Waals surface area contributed by atoms with Gasteiger partial charge in [-0.1, -0.05) is 0 Å². The van der Waals surface area contributed by atoms with Crippen LogP contribution in [0.15, 0.2) is 17.0 Å². The first kappa shape index (κ1) is 10.4. The van der Waals surface area contributed by atoms with E-state index in [2.05, 4.69) is 6.07 Å². The van der Waals surface area contributed by atoms with Gasteiger partial charge in [0.25, 0.3) is 0 Å². The minimum Gasteiger partial charge on any atom is -0.496 e. The van der Waals surface area contributed by atoms with E-state index in [1.165, 1.54) is 17.6 Å². The Bertz CT molecular complexity index is 297. The van der Waals surface area contributed by atoms with Gasteiger partial charge in [0.1, 0.15) is 5.75 Å². The van der Waals surface area contributed by atoms with Crippen molar-refractivity contribution in [2.45, 2.75) is 18.7 Å². The molecule has 0 atom stereocenters. The first-order valence-corrected chi connectivity index (χ1v) is 4.79. The highest BCUT2D eigenvalue weighted by atomic mass is 32.2. The van der Waals surface area contributed by atoms with Crippen molar-refractivity contribution in [1.82, 2.24) is 0 Å². The van der Waals surface area contributed by atoms with Crippen molar-refractivity contribution in [2.24, 2.45) is 0 Å². The Morgan fingerprint density at radius 1 is 1.08 bits per heavy atom. The fourth-order valence-corrected chi connectivity index (χ4v) is 1.76. The molecule has 0 aliphatic rings. The highest BCUT2D eigenvalue weighted by Gasteiger charge is 2.04. The van der Waals surface area contributed by atoms with Crippen molar-refractivity contribution in [3.63, 3.8) is 0 Å². The Morgan fingerprint density at radius 3 is 2.31 bits per heavy atom. The Hall–Kier alpha value is -0.670. The van der Waals surface area contributed by atoms with Crippen LogP contribution in [-0.4, -0.2) is 14.2 Å². The van der Waals surface area contributed by atoms with Crippen LogP contribution in [0.5, 0.6) is 5.75 Å². The monoisotopic (exact) mass is 198 g/mol. The molecule has 72 valence electrons. The molecule has 0 aliphatic carbocycles. The maximum Gasteiger partial charge on any atom is 0.122 e. The normalized spacial score (nSPS) is 10.2. The molecule has 0 bridgehead atoms. The molecule has 0 heterocycles. The highest BCUT2D eigenvalue weighted by molar-refractivity contribution is 7.94. The van der Waals surface area contributed by atoms with E-state index in [9.17, 15) is 0 Å². The molecule has 0 amide bonds. The molecular weight excluding hydrogens is 184 g/mol. The lowest BCUT2D eigenvalue weighted by Gasteiger charge is -2.09. The third-order valence-corrected chi connectivity index (χ3v) is 2.65. The fourth-order valence-electron chi connectivity index (χ4n) is 1.16. The van der Waals surface area contributed by atoms with Gasteiger partial charge in [-0.05, 0) is 37.1 Å². The van der Waals surface area contributed by atoms with Gasteiger partial charge >= 0.3 is 0 Å². The van der Waals surface area contributed by atoms with Gasteiger partial charge in [-0.2, -0.15) is 0 Å². The van der Waals surface area contributed by atoms with Crippen molar-refractivity contribution in [2.75, 3.05) is 14.2 Å². The van der Waals surface area contributed by atoms with Gasteiger partial charge in [-0.25, -0.2) is 0 Å². The zero-order chi connectivity index (χ0) is 9.84. The summed E-state index contributed by atoms with van der Waals surface area (Å²) in [4.78, 5) is 1.14. The molecule has 0 saturated heterocycles. The minimum absolute atomic E-state index is 0.929. The van der Waals surface area contributed by atoms with Crippen molar-refractivity contribution < 1.29 is 8.92 Å². The van der Waals surface area contributed by atoms with Gasteiger partial charge in [0.2, 0.25) is 0 Å². The standard InChI is InChI=1S/C10H14O2S/c1-7-6-10(13-12-4)8(2)5-9(7)11-3/h5-6H,1-4H3. The highest BCUT2D eigenvalue weighted by Crippen LogP contribution is 2.29. The number of rotatable bonds is 3.